The van der Waals surface area contributed by atoms with E-state index >= 15 is 0 Å². The molecule has 1 aromatic rings. The second kappa shape index (κ2) is 5.60. The van der Waals surface area contributed by atoms with Crippen molar-refractivity contribution in [3.8, 4) is 5.75 Å². The number of carboxylic acid groups (broad SMARTS) is 1. The van der Waals surface area contributed by atoms with E-state index < -0.39 is 17.6 Å². The second-order valence-corrected chi connectivity index (χ2v) is 3.60. The zero-order valence-electron chi connectivity index (χ0n) is 7.91. The van der Waals surface area contributed by atoms with Crippen LogP contribution in [0.5, 0.6) is 5.75 Å². The summed E-state index contributed by atoms with van der Waals surface area (Å²) in [7, 11) is 0. The van der Waals surface area contributed by atoms with Crippen LogP contribution >= 0.6 is 15.9 Å². The van der Waals surface area contributed by atoms with Crippen molar-refractivity contribution in [1.29, 1.82) is 0 Å². The van der Waals surface area contributed by atoms with Crippen LogP contribution in [0.15, 0.2) is 28.8 Å². The Morgan fingerprint density at radius 2 is 2.19 bits per heavy atom. The van der Waals surface area contributed by atoms with Gasteiger partial charge in [0, 0.05) is 12.1 Å². The van der Waals surface area contributed by atoms with Crippen LogP contribution < -0.4 is 4.74 Å². The molecule has 0 aliphatic carbocycles. The average molecular weight is 293 g/mol. The smallest absolute Gasteiger partial charge is 0.328 e. The average Bonchev–Trinajstić information content (AvgIpc) is 2.14. The van der Waals surface area contributed by atoms with E-state index in [1.807, 2.05) is 0 Å². The van der Waals surface area contributed by atoms with Crippen LogP contribution in [0.1, 0.15) is 0 Å². The second-order valence-electron chi connectivity index (χ2n) is 2.75. The van der Waals surface area contributed by atoms with Crippen LogP contribution in [0, 0.1) is 11.6 Å². The highest BCUT2D eigenvalue weighted by Gasteiger charge is 2.10. The zero-order valence-corrected chi connectivity index (χ0v) is 9.50. The van der Waals surface area contributed by atoms with Crippen LogP contribution in [0.4, 0.5) is 8.78 Å². The van der Waals surface area contributed by atoms with Gasteiger partial charge in [0.2, 0.25) is 0 Å². The lowest BCUT2D eigenvalue weighted by atomic mass is 10.3. The molecule has 0 saturated carbocycles. The zero-order chi connectivity index (χ0) is 12.1. The Kier molecular flexibility index (Phi) is 4.42. The molecular formula is C10H7BrF2O3. The van der Waals surface area contributed by atoms with E-state index in [-0.39, 0.29) is 16.8 Å². The van der Waals surface area contributed by atoms with Crippen molar-refractivity contribution in [2.45, 2.75) is 0 Å². The largest absolute Gasteiger partial charge is 0.485 e. The Balaban J connectivity index is 2.71. The Morgan fingerprint density at radius 1 is 1.50 bits per heavy atom. The predicted molar refractivity (Wildman–Crippen MR) is 56.3 cm³/mol. The molecule has 0 radical (unpaired) electrons. The SMILES string of the molecule is O=C(O)/C=C/COc1c(F)cc(F)cc1Br. The van der Waals surface area contributed by atoms with Crippen LogP contribution in [0.2, 0.25) is 0 Å². The molecule has 1 aromatic carbocycles. The van der Waals surface area contributed by atoms with E-state index in [0.29, 0.717) is 6.07 Å². The van der Waals surface area contributed by atoms with Crippen LogP contribution in [0.25, 0.3) is 0 Å². The van der Waals surface area contributed by atoms with E-state index in [2.05, 4.69) is 15.9 Å². The van der Waals surface area contributed by atoms with Crippen LogP contribution in [-0.4, -0.2) is 17.7 Å². The first-order valence-electron chi connectivity index (χ1n) is 4.17. The van der Waals surface area contributed by atoms with Crippen molar-refractivity contribution in [3.63, 3.8) is 0 Å². The lowest BCUT2D eigenvalue weighted by molar-refractivity contribution is -0.131. The van der Waals surface area contributed by atoms with Crippen molar-refractivity contribution in [2.24, 2.45) is 0 Å². The molecule has 0 fully saturated rings. The highest BCUT2D eigenvalue weighted by atomic mass is 79.9. The summed E-state index contributed by atoms with van der Waals surface area (Å²) in [5.41, 5.74) is 0. The molecule has 0 atom stereocenters. The molecule has 1 N–H and O–H groups in total. The van der Waals surface area contributed by atoms with Gasteiger partial charge in [-0.1, -0.05) is 0 Å². The minimum atomic E-state index is -1.12. The van der Waals surface area contributed by atoms with E-state index in [0.717, 1.165) is 12.1 Å². The van der Waals surface area contributed by atoms with Gasteiger partial charge >= 0.3 is 5.97 Å². The number of carbonyl (C=O) groups is 1. The number of hydrogen-bond acceptors (Lipinski definition) is 2. The molecule has 16 heavy (non-hydrogen) atoms. The maximum atomic E-state index is 13.2. The highest BCUT2D eigenvalue weighted by molar-refractivity contribution is 9.10. The molecule has 0 aliphatic rings. The topological polar surface area (TPSA) is 46.5 Å². The van der Waals surface area contributed by atoms with Crippen molar-refractivity contribution in [2.75, 3.05) is 6.61 Å². The molecule has 3 nitrogen and oxygen atoms in total. The van der Waals surface area contributed by atoms with Crippen molar-refractivity contribution < 1.29 is 23.4 Å². The quantitative estimate of drug-likeness (QED) is 0.868. The molecule has 0 amide bonds. The summed E-state index contributed by atoms with van der Waals surface area (Å²) in [5, 5.41) is 8.28. The van der Waals surface area contributed by atoms with Gasteiger partial charge in [-0.3, -0.25) is 0 Å². The van der Waals surface area contributed by atoms with E-state index in [1.54, 1.807) is 0 Å². The van der Waals surface area contributed by atoms with Crippen LogP contribution in [0.3, 0.4) is 0 Å². The molecule has 0 bridgehead atoms. The first-order chi connectivity index (χ1) is 7.50. The molecule has 0 spiro atoms. The fourth-order valence-corrected chi connectivity index (χ4v) is 1.47. The fraction of sp³-hybridized carbons (Fsp3) is 0.100. The number of halogens is 3. The summed E-state index contributed by atoms with van der Waals surface area (Å²) in [5.74, 6) is -2.85. The van der Waals surface area contributed by atoms with E-state index in [1.165, 1.54) is 6.08 Å². The summed E-state index contributed by atoms with van der Waals surface area (Å²) in [6, 6.07) is 1.74. The standard InChI is InChI=1S/C10H7BrF2O3/c11-7-4-6(12)5-8(13)10(7)16-3-1-2-9(14)15/h1-2,4-5H,3H2,(H,14,15)/b2-1+. The third-order valence-electron chi connectivity index (χ3n) is 1.55. The summed E-state index contributed by atoms with van der Waals surface area (Å²) < 4.78 is 30.9. The lowest BCUT2D eigenvalue weighted by Crippen LogP contribution is -1.99. The third kappa shape index (κ3) is 3.62. The molecule has 6 heteroatoms. The summed E-state index contributed by atoms with van der Waals surface area (Å²) in [6.07, 6.45) is 2.08. The van der Waals surface area contributed by atoms with Crippen molar-refractivity contribution >= 4 is 21.9 Å². The van der Waals surface area contributed by atoms with Gasteiger partial charge in [-0.15, -0.1) is 0 Å². The van der Waals surface area contributed by atoms with Gasteiger partial charge in [-0.25, -0.2) is 13.6 Å². The summed E-state index contributed by atoms with van der Waals surface area (Å²) in [6.45, 7) is -0.118. The molecule has 0 aliphatic heterocycles. The molecular weight excluding hydrogens is 286 g/mol. The maximum absolute atomic E-state index is 13.2. The van der Waals surface area contributed by atoms with Crippen molar-refractivity contribution in [1.82, 2.24) is 0 Å². The van der Waals surface area contributed by atoms with Gasteiger partial charge in [-0.05, 0) is 28.1 Å². The number of rotatable bonds is 4. The monoisotopic (exact) mass is 292 g/mol. The Hall–Kier alpha value is -1.43. The predicted octanol–water partition coefficient (Wildman–Crippen LogP) is 2.75. The van der Waals surface area contributed by atoms with Gasteiger partial charge in [0.15, 0.2) is 11.6 Å². The van der Waals surface area contributed by atoms with Gasteiger partial charge in [0.25, 0.3) is 0 Å². The van der Waals surface area contributed by atoms with Gasteiger partial charge in [-0.2, -0.15) is 0 Å². The first kappa shape index (κ1) is 12.6. The number of hydrogen-bond donors (Lipinski definition) is 1. The third-order valence-corrected chi connectivity index (χ3v) is 2.14. The number of benzene rings is 1. The Bertz CT molecular complexity index is 409. The highest BCUT2D eigenvalue weighted by Crippen LogP contribution is 2.29. The molecule has 1 rings (SSSR count). The van der Waals surface area contributed by atoms with Crippen LogP contribution in [-0.2, 0) is 4.79 Å². The normalized spacial score (nSPS) is 10.7. The molecule has 0 saturated heterocycles. The fourth-order valence-electron chi connectivity index (χ4n) is 0.947. The molecule has 0 unspecified atom stereocenters. The summed E-state index contributed by atoms with van der Waals surface area (Å²) >= 11 is 2.93. The lowest BCUT2D eigenvalue weighted by Gasteiger charge is -2.06. The number of aliphatic carboxylic acids is 1. The molecule has 86 valence electrons. The molecule has 0 aromatic heterocycles. The first-order valence-corrected chi connectivity index (χ1v) is 4.97. The maximum Gasteiger partial charge on any atom is 0.328 e. The molecule has 0 heterocycles. The minimum absolute atomic E-state index is 0.118. The summed E-state index contributed by atoms with van der Waals surface area (Å²) in [4.78, 5) is 10.1. The van der Waals surface area contributed by atoms with E-state index in [4.69, 9.17) is 9.84 Å². The van der Waals surface area contributed by atoms with E-state index in [9.17, 15) is 13.6 Å². The van der Waals surface area contributed by atoms with Crippen molar-refractivity contribution in [3.05, 3.63) is 40.4 Å². The van der Waals surface area contributed by atoms with Gasteiger partial charge < -0.3 is 9.84 Å². The Morgan fingerprint density at radius 3 is 2.75 bits per heavy atom. The minimum Gasteiger partial charge on any atom is -0.485 e. The van der Waals surface area contributed by atoms with Gasteiger partial charge in [0.05, 0.1) is 4.47 Å². The number of carboxylic acids is 1. The van der Waals surface area contributed by atoms with Gasteiger partial charge in [0.1, 0.15) is 12.4 Å². The number of ether oxygens (including phenoxy) is 1. The Labute approximate surface area is 98.5 Å².